The van der Waals surface area contributed by atoms with Gasteiger partial charge in [0, 0.05) is 16.8 Å². The third-order valence-electron chi connectivity index (χ3n) is 2.50. The van der Waals surface area contributed by atoms with Crippen LogP contribution in [-0.4, -0.2) is 11.5 Å². The van der Waals surface area contributed by atoms with Crippen LogP contribution in [0.3, 0.4) is 0 Å². The van der Waals surface area contributed by atoms with Crippen LogP contribution >= 0.6 is 0 Å². The topological polar surface area (TPSA) is 38.3 Å². The summed E-state index contributed by atoms with van der Waals surface area (Å²) in [4.78, 5) is 11.8. The monoisotopic (exact) mass is 263 g/mol. The van der Waals surface area contributed by atoms with Crippen molar-refractivity contribution in [1.29, 1.82) is 0 Å². The first-order chi connectivity index (χ1) is 8.59. The second-order valence-corrected chi connectivity index (χ2v) is 6.86. The molecule has 0 bridgehead atoms. The van der Waals surface area contributed by atoms with Gasteiger partial charge in [-0.25, -0.2) is 0 Å². The van der Waals surface area contributed by atoms with Gasteiger partial charge in [-0.2, -0.15) is 0 Å². The highest BCUT2D eigenvalue weighted by Gasteiger charge is 2.23. The quantitative estimate of drug-likeness (QED) is 0.838. The number of esters is 1. The second-order valence-electron chi connectivity index (χ2n) is 6.86. The Hall–Kier alpha value is -1.51. The molecule has 1 N–H and O–H groups in total. The molecule has 0 radical (unpaired) electrons. The Kier molecular flexibility index (Phi) is 4.61. The maximum absolute atomic E-state index is 11.8. The fourth-order valence-corrected chi connectivity index (χ4v) is 1.53. The molecule has 106 valence electrons. The summed E-state index contributed by atoms with van der Waals surface area (Å²) in [6.07, 6.45) is 0. The molecule has 0 aliphatic rings. The number of hydrogen-bond acceptors (Lipinski definition) is 3. The molecule has 3 nitrogen and oxygen atoms in total. The van der Waals surface area contributed by atoms with E-state index < -0.39 is 5.41 Å². The van der Waals surface area contributed by atoms with E-state index in [0.717, 1.165) is 11.3 Å². The zero-order valence-electron chi connectivity index (χ0n) is 12.8. The van der Waals surface area contributed by atoms with Crippen molar-refractivity contribution in [2.75, 3.05) is 5.32 Å². The highest BCUT2D eigenvalue weighted by atomic mass is 16.5. The van der Waals surface area contributed by atoms with Crippen LogP contribution < -0.4 is 5.32 Å². The van der Waals surface area contributed by atoms with Crippen molar-refractivity contribution >= 4 is 11.7 Å². The smallest absolute Gasteiger partial charge is 0.311 e. The molecule has 0 aliphatic heterocycles. The van der Waals surface area contributed by atoms with Crippen LogP contribution in [0.2, 0.25) is 0 Å². The summed E-state index contributed by atoms with van der Waals surface area (Å²) in [5.41, 5.74) is 1.52. The van der Waals surface area contributed by atoms with Crippen molar-refractivity contribution in [3.63, 3.8) is 0 Å². The lowest BCUT2D eigenvalue weighted by Crippen LogP contribution is -2.27. The Balaban J connectivity index is 2.77. The number of benzene rings is 1. The number of carbonyl (C=O) groups is 1. The summed E-state index contributed by atoms with van der Waals surface area (Å²) in [5, 5.41) is 3.42. The van der Waals surface area contributed by atoms with Crippen molar-refractivity contribution in [3.05, 3.63) is 29.8 Å². The van der Waals surface area contributed by atoms with E-state index in [2.05, 4.69) is 26.1 Å². The first-order valence-corrected chi connectivity index (χ1v) is 6.63. The SMILES string of the molecule is CC(C)(C)Nc1ccccc1COC(=O)C(C)(C)C. The molecule has 0 aliphatic carbocycles. The van der Waals surface area contributed by atoms with E-state index in [1.807, 2.05) is 45.0 Å². The van der Waals surface area contributed by atoms with Gasteiger partial charge in [0.05, 0.1) is 5.41 Å². The number of para-hydroxylation sites is 1. The molecule has 1 aromatic rings. The summed E-state index contributed by atoms with van der Waals surface area (Å²) in [6, 6.07) is 7.91. The molecular weight excluding hydrogens is 238 g/mol. The van der Waals surface area contributed by atoms with E-state index in [4.69, 9.17) is 4.74 Å². The van der Waals surface area contributed by atoms with Crippen molar-refractivity contribution in [3.8, 4) is 0 Å². The highest BCUT2D eigenvalue weighted by Crippen LogP contribution is 2.22. The normalized spacial score (nSPS) is 12.1. The average molecular weight is 263 g/mol. The molecule has 0 atom stereocenters. The minimum Gasteiger partial charge on any atom is -0.460 e. The summed E-state index contributed by atoms with van der Waals surface area (Å²) < 4.78 is 5.37. The minimum atomic E-state index is -0.466. The summed E-state index contributed by atoms with van der Waals surface area (Å²) >= 11 is 0. The van der Waals surface area contributed by atoms with Crippen molar-refractivity contribution in [2.45, 2.75) is 53.7 Å². The Labute approximate surface area is 116 Å². The van der Waals surface area contributed by atoms with Crippen molar-refractivity contribution in [1.82, 2.24) is 0 Å². The Bertz CT molecular complexity index is 439. The molecule has 1 aromatic carbocycles. The maximum atomic E-state index is 11.8. The number of ether oxygens (including phenoxy) is 1. The molecule has 0 saturated heterocycles. The molecule has 0 amide bonds. The van der Waals surface area contributed by atoms with Gasteiger partial charge in [0.15, 0.2) is 0 Å². The van der Waals surface area contributed by atoms with E-state index in [-0.39, 0.29) is 11.5 Å². The fourth-order valence-electron chi connectivity index (χ4n) is 1.53. The third kappa shape index (κ3) is 5.33. The number of rotatable bonds is 3. The summed E-state index contributed by atoms with van der Waals surface area (Å²) in [7, 11) is 0. The summed E-state index contributed by atoms with van der Waals surface area (Å²) in [5.74, 6) is -0.182. The Morgan fingerprint density at radius 2 is 1.68 bits per heavy atom. The standard InChI is InChI=1S/C16H25NO2/c1-15(2,3)14(18)19-11-12-9-7-8-10-13(12)17-16(4,5)6/h7-10,17H,11H2,1-6H3. The van der Waals surface area contributed by atoms with Gasteiger partial charge in [-0.05, 0) is 47.6 Å². The number of anilines is 1. The van der Waals surface area contributed by atoms with Gasteiger partial charge < -0.3 is 10.1 Å². The molecule has 0 fully saturated rings. The summed E-state index contributed by atoms with van der Waals surface area (Å²) in [6.45, 7) is 12.2. The zero-order chi connectivity index (χ0) is 14.7. The van der Waals surface area contributed by atoms with E-state index in [1.165, 1.54) is 0 Å². The first-order valence-electron chi connectivity index (χ1n) is 6.63. The lowest BCUT2D eigenvalue weighted by Gasteiger charge is -2.24. The average Bonchev–Trinajstić information content (AvgIpc) is 2.24. The Morgan fingerprint density at radius 1 is 1.11 bits per heavy atom. The van der Waals surface area contributed by atoms with Gasteiger partial charge in [0.25, 0.3) is 0 Å². The molecule has 19 heavy (non-hydrogen) atoms. The fraction of sp³-hybridized carbons (Fsp3) is 0.562. The van der Waals surface area contributed by atoms with E-state index in [0.29, 0.717) is 6.61 Å². The van der Waals surface area contributed by atoms with E-state index in [9.17, 15) is 4.79 Å². The zero-order valence-corrected chi connectivity index (χ0v) is 12.8. The maximum Gasteiger partial charge on any atom is 0.311 e. The van der Waals surface area contributed by atoms with Crippen LogP contribution in [0.15, 0.2) is 24.3 Å². The Morgan fingerprint density at radius 3 is 2.21 bits per heavy atom. The van der Waals surface area contributed by atoms with Gasteiger partial charge in [-0.15, -0.1) is 0 Å². The van der Waals surface area contributed by atoms with E-state index >= 15 is 0 Å². The second kappa shape index (κ2) is 5.64. The number of hydrogen-bond donors (Lipinski definition) is 1. The van der Waals surface area contributed by atoms with Gasteiger partial charge in [0.1, 0.15) is 6.61 Å². The van der Waals surface area contributed by atoms with Crippen LogP contribution in [0.25, 0.3) is 0 Å². The van der Waals surface area contributed by atoms with Crippen LogP contribution in [0.4, 0.5) is 5.69 Å². The van der Waals surface area contributed by atoms with Crippen molar-refractivity contribution in [2.24, 2.45) is 5.41 Å². The predicted molar refractivity (Wildman–Crippen MR) is 79.1 cm³/mol. The lowest BCUT2D eigenvalue weighted by molar-refractivity contribution is -0.154. The minimum absolute atomic E-state index is 0.0237. The van der Waals surface area contributed by atoms with Crippen LogP contribution in [0.1, 0.15) is 47.1 Å². The molecule has 0 aromatic heterocycles. The molecule has 1 rings (SSSR count). The molecule has 3 heteroatoms. The van der Waals surface area contributed by atoms with Crippen molar-refractivity contribution < 1.29 is 9.53 Å². The van der Waals surface area contributed by atoms with Gasteiger partial charge in [-0.3, -0.25) is 4.79 Å². The molecule has 0 spiro atoms. The molecule has 0 saturated carbocycles. The number of nitrogens with one attached hydrogen (secondary N) is 1. The van der Waals surface area contributed by atoms with Crippen LogP contribution in [0, 0.1) is 5.41 Å². The first kappa shape index (κ1) is 15.5. The largest absolute Gasteiger partial charge is 0.460 e. The molecular formula is C16H25NO2. The van der Waals surface area contributed by atoms with Gasteiger partial charge >= 0.3 is 5.97 Å². The number of carbonyl (C=O) groups excluding carboxylic acids is 1. The lowest BCUT2D eigenvalue weighted by atomic mass is 9.97. The van der Waals surface area contributed by atoms with E-state index in [1.54, 1.807) is 0 Å². The molecule has 0 unspecified atom stereocenters. The van der Waals surface area contributed by atoms with Gasteiger partial charge in [0.2, 0.25) is 0 Å². The predicted octanol–water partition coefficient (Wildman–Crippen LogP) is 3.99. The highest BCUT2D eigenvalue weighted by molar-refractivity contribution is 5.75. The molecule has 0 heterocycles. The van der Waals surface area contributed by atoms with Crippen LogP contribution in [0.5, 0.6) is 0 Å². The van der Waals surface area contributed by atoms with Crippen LogP contribution in [-0.2, 0) is 16.1 Å². The van der Waals surface area contributed by atoms with Gasteiger partial charge in [-0.1, -0.05) is 18.2 Å². The third-order valence-corrected chi connectivity index (χ3v) is 2.50.